The van der Waals surface area contributed by atoms with Crippen molar-refractivity contribution in [2.24, 2.45) is 0 Å². The summed E-state index contributed by atoms with van der Waals surface area (Å²) in [5.74, 6) is -0.327. The lowest BCUT2D eigenvalue weighted by atomic mass is 10.0. The van der Waals surface area contributed by atoms with E-state index in [-0.39, 0.29) is 18.9 Å². The van der Waals surface area contributed by atoms with Gasteiger partial charge in [-0.3, -0.25) is 4.79 Å². The Kier molecular flexibility index (Phi) is 45.6. The van der Waals surface area contributed by atoms with E-state index in [0.29, 0.717) is 6.42 Å². The van der Waals surface area contributed by atoms with Crippen LogP contribution in [-0.4, -0.2) is 46.1 Å². The maximum absolute atomic E-state index is 12.5. The van der Waals surface area contributed by atoms with E-state index >= 15 is 0 Å². The first-order chi connectivity index (χ1) is 28.0. The van der Waals surface area contributed by atoms with E-state index in [9.17, 15) is 20.1 Å². The summed E-state index contributed by atoms with van der Waals surface area (Å²) in [6, 6.07) is -0.762. The second-order valence-corrected chi connectivity index (χ2v) is 17.1. The number of aliphatic hydroxyl groups is 3. The van der Waals surface area contributed by atoms with Crippen molar-refractivity contribution in [3.05, 3.63) is 48.6 Å². The third-order valence-corrected chi connectivity index (χ3v) is 11.3. The molecule has 334 valence electrons. The minimum Gasteiger partial charge on any atom is -0.394 e. The van der Waals surface area contributed by atoms with Gasteiger partial charge in [-0.05, 0) is 64.2 Å². The predicted molar refractivity (Wildman–Crippen MR) is 250 cm³/mol. The van der Waals surface area contributed by atoms with Gasteiger partial charge in [-0.1, -0.05) is 229 Å². The van der Waals surface area contributed by atoms with Gasteiger partial charge < -0.3 is 20.6 Å². The van der Waals surface area contributed by atoms with Gasteiger partial charge in [0.05, 0.1) is 31.3 Å². The maximum Gasteiger partial charge on any atom is 0.222 e. The Labute approximate surface area is 355 Å². The number of allylic oxidation sites excluding steroid dienone is 7. The van der Waals surface area contributed by atoms with Crippen LogP contribution in [-0.2, 0) is 4.79 Å². The summed E-state index contributed by atoms with van der Waals surface area (Å²) < 4.78 is 0. The van der Waals surface area contributed by atoms with Crippen molar-refractivity contribution in [3.63, 3.8) is 0 Å². The molecule has 0 aliphatic carbocycles. The first kappa shape index (κ1) is 55.3. The van der Waals surface area contributed by atoms with Gasteiger partial charge in [0, 0.05) is 0 Å². The fourth-order valence-corrected chi connectivity index (χ4v) is 7.50. The van der Waals surface area contributed by atoms with Crippen LogP contribution in [0.25, 0.3) is 0 Å². The monoisotopic (exact) mass is 800 g/mol. The van der Waals surface area contributed by atoms with Crippen molar-refractivity contribution in [1.29, 1.82) is 0 Å². The zero-order chi connectivity index (χ0) is 41.5. The number of rotatable bonds is 45. The highest BCUT2D eigenvalue weighted by atomic mass is 16.3. The molecule has 0 heterocycles. The summed E-state index contributed by atoms with van der Waals surface area (Å²) in [7, 11) is 0. The van der Waals surface area contributed by atoms with E-state index in [1.54, 1.807) is 6.08 Å². The highest BCUT2D eigenvalue weighted by molar-refractivity contribution is 5.76. The lowest BCUT2D eigenvalue weighted by Gasteiger charge is -2.21. The van der Waals surface area contributed by atoms with Crippen molar-refractivity contribution in [2.75, 3.05) is 6.61 Å². The Morgan fingerprint density at radius 3 is 1.23 bits per heavy atom. The Hall–Kier alpha value is -1.69. The minimum absolute atomic E-state index is 0.00376. The van der Waals surface area contributed by atoms with Crippen molar-refractivity contribution in [1.82, 2.24) is 5.32 Å². The molecule has 0 aromatic heterocycles. The molecular formula is C52H97NO4. The fraction of sp³-hybridized carbons (Fsp3) is 0.827. The number of carbonyl (C=O) groups excluding carboxylic acids is 1. The van der Waals surface area contributed by atoms with Crippen LogP contribution < -0.4 is 5.32 Å². The molecule has 4 N–H and O–H groups in total. The van der Waals surface area contributed by atoms with Crippen molar-refractivity contribution >= 4 is 5.91 Å². The summed E-state index contributed by atoms with van der Waals surface area (Å²) in [4.78, 5) is 12.5. The van der Waals surface area contributed by atoms with Crippen molar-refractivity contribution in [3.8, 4) is 0 Å². The molecule has 0 aromatic rings. The maximum atomic E-state index is 12.5. The number of carbonyl (C=O) groups is 1. The van der Waals surface area contributed by atoms with Crippen LogP contribution in [0.2, 0.25) is 0 Å². The molecule has 5 nitrogen and oxygen atoms in total. The molecule has 0 radical (unpaired) electrons. The highest BCUT2D eigenvalue weighted by Crippen LogP contribution is 2.15. The summed E-state index contributed by atoms with van der Waals surface area (Å²) in [6.45, 7) is 4.20. The molecule has 0 bridgehead atoms. The second kappa shape index (κ2) is 47.0. The molecule has 0 saturated heterocycles. The molecule has 5 heteroatoms. The molecule has 0 aliphatic rings. The predicted octanol–water partition coefficient (Wildman–Crippen LogP) is 14.9. The standard InChI is InChI=1S/C52H97NO4/c1-3-5-7-9-11-13-15-17-19-20-21-22-23-24-25-26-27-28-29-30-32-33-35-37-39-41-43-45-49(55)47-52(57)53-50(48-54)51(56)46-44-42-40-38-36-34-31-18-16-14-12-10-8-6-4-2/h21-22,24-25,36,38,44,46,49-51,54-56H,3-20,23,26-35,37,39-43,45,47-48H2,1-2H3,(H,53,57)/b22-21-,25-24-,38-36+,46-44+. The van der Waals surface area contributed by atoms with E-state index in [1.165, 1.54) is 186 Å². The fourth-order valence-electron chi connectivity index (χ4n) is 7.50. The zero-order valence-corrected chi connectivity index (χ0v) is 38.0. The normalized spacial score (nSPS) is 13.8. The lowest BCUT2D eigenvalue weighted by Crippen LogP contribution is -2.45. The van der Waals surface area contributed by atoms with E-state index in [4.69, 9.17) is 0 Å². The SMILES string of the molecule is CCCCCCCCCCC/C=C\C/C=C\CCCCCCCCCCCCCC(O)CC(=O)NC(CO)C(O)/C=C/CC/C=C/CCCCCCCCCCC. The summed E-state index contributed by atoms with van der Waals surface area (Å²) in [5.41, 5.74) is 0. The number of amides is 1. The number of hydrogen-bond donors (Lipinski definition) is 4. The zero-order valence-electron chi connectivity index (χ0n) is 38.0. The van der Waals surface area contributed by atoms with E-state index in [1.807, 2.05) is 6.08 Å². The second-order valence-electron chi connectivity index (χ2n) is 17.1. The number of hydrogen-bond acceptors (Lipinski definition) is 4. The van der Waals surface area contributed by atoms with Gasteiger partial charge in [0.1, 0.15) is 0 Å². The molecule has 57 heavy (non-hydrogen) atoms. The average Bonchev–Trinajstić information content (AvgIpc) is 3.20. The third-order valence-electron chi connectivity index (χ3n) is 11.3. The van der Waals surface area contributed by atoms with Gasteiger partial charge >= 0.3 is 0 Å². The minimum atomic E-state index is -0.953. The quantitative estimate of drug-likeness (QED) is 0.0365. The van der Waals surface area contributed by atoms with Gasteiger partial charge in [0.25, 0.3) is 0 Å². The molecule has 0 fully saturated rings. The first-order valence-corrected chi connectivity index (χ1v) is 24.9. The summed E-state index contributed by atoms with van der Waals surface area (Å²) in [5, 5.41) is 33.3. The van der Waals surface area contributed by atoms with E-state index in [2.05, 4.69) is 55.6 Å². The smallest absolute Gasteiger partial charge is 0.222 e. The van der Waals surface area contributed by atoms with Crippen LogP contribution in [0.4, 0.5) is 0 Å². The Morgan fingerprint density at radius 2 is 0.807 bits per heavy atom. The molecule has 0 saturated carbocycles. The van der Waals surface area contributed by atoms with Crippen LogP contribution in [0.15, 0.2) is 48.6 Å². The number of unbranched alkanes of at least 4 members (excludes halogenated alkanes) is 30. The molecular weight excluding hydrogens is 703 g/mol. The van der Waals surface area contributed by atoms with Gasteiger partial charge in [-0.2, -0.15) is 0 Å². The number of nitrogens with one attached hydrogen (secondary N) is 1. The Bertz CT molecular complexity index is 927. The molecule has 0 aromatic carbocycles. The van der Waals surface area contributed by atoms with Crippen molar-refractivity contribution < 1.29 is 20.1 Å². The molecule has 3 atom stereocenters. The Balaban J connectivity index is 3.63. The molecule has 0 rings (SSSR count). The highest BCUT2D eigenvalue weighted by Gasteiger charge is 2.20. The average molecular weight is 800 g/mol. The van der Waals surface area contributed by atoms with Crippen molar-refractivity contribution in [2.45, 2.75) is 270 Å². The van der Waals surface area contributed by atoms with Crippen LogP contribution in [0.1, 0.15) is 251 Å². The summed E-state index contributed by atoms with van der Waals surface area (Å²) in [6.07, 6.45) is 61.3. The van der Waals surface area contributed by atoms with Crippen LogP contribution in [0, 0.1) is 0 Å². The molecule has 3 unspecified atom stereocenters. The molecule has 0 spiro atoms. The van der Waals surface area contributed by atoms with Crippen LogP contribution in [0.3, 0.4) is 0 Å². The molecule has 0 aliphatic heterocycles. The summed E-state index contributed by atoms with van der Waals surface area (Å²) >= 11 is 0. The Morgan fingerprint density at radius 1 is 0.456 bits per heavy atom. The largest absolute Gasteiger partial charge is 0.394 e. The van der Waals surface area contributed by atoms with Crippen LogP contribution in [0.5, 0.6) is 0 Å². The van der Waals surface area contributed by atoms with E-state index < -0.39 is 18.2 Å². The third kappa shape index (κ3) is 43.7. The number of aliphatic hydroxyl groups excluding tert-OH is 3. The van der Waals surface area contributed by atoms with E-state index in [0.717, 1.165) is 38.5 Å². The van der Waals surface area contributed by atoms with Gasteiger partial charge in [0.15, 0.2) is 0 Å². The molecule has 1 amide bonds. The topological polar surface area (TPSA) is 89.8 Å². The lowest BCUT2D eigenvalue weighted by molar-refractivity contribution is -0.124. The first-order valence-electron chi connectivity index (χ1n) is 24.9. The van der Waals surface area contributed by atoms with Gasteiger partial charge in [-0.15, -0.1) is 0 Å². The van der Waals surface area contributed by atoms with Gasteiger partial charge in [0.2, 0.25) is 5.91 Å². The van der Waals surface area contributed by atoms with Crippen LogP contribution >= 0.6 is 0 Å². The van der Waals surface area contributed by atoms with Gasteiger partial charge in [-0.25, -0.2) is 0 Å².